The molecule has 1 atom stereocenters. The van der Waals surface area contributed by atoms with Crippen LogP contribution < -0.4 is 0 Å². The van der Waals surface area contributed by atoms with Crippen molar-refractivity contribution in [3.05, 3.63) is 213 Å². The van der Waals surface area contributed by atoms with E-state index in [0.29, 0.717) is 34.3 Å². The molecule has 0 fully saturated rings. The summed E-state index contributed by atoms with van der Waals surface area (Å²) in [5.74, 6) is -1.44. The lowest BCUT2D eigenvalue weighted by Crippen LogP contribution is -2.13. The van der Waals surface area contributed by atoms with E-state index in [1.54, 1.807) is 84.9 Å². The van der Waals surface area contributed by atoms with Crippen molar-refractivity contribution < 1.29 is 24.0 Å². The third kappa shape index (κ3) is 8.10. The van der Waals surface area contributed by atoms with Crippen LogP contribution in [0.2, 0.25) is 0 Å². The van der Waals surface area contributed by atoms with Crippen molar-refractivity contribution in [1.82, 2.24) is 0 Å². The number of Topliss-reactive ketones (excluding diaryl/α,β-unsaturated/α-hetero) is 2. The average molecular weight is 695 g/mol. The Hall–Kier alpha value is -6.33. The molecule has 0 bridgehead atoms. The second kappa shape index (κ2) is 15.9. The van der Waals surface area contributed by atoms with Gasteiger partial charge in [-0.05, 0) is 74.8 Å². The molecule has 3 aliphatic carbocycles. The van der Waals surface area contributed by atoms with Crippen molar-refractivity contribution in [2.24, 2.45) is 5.92 Å². The Morgan fingerprint density at radius 1 is 0.528 bits per heavy atom. The molecule has 0 amide bonds. The van der Waals surface area contributed by atoms with Crippen LogP contribution in [0.5, 0.6) is 0 Å². The molecule has 0 spiro atoms. The molecule has 5 heteroatoms. The Morgan fingerprint density at radius 2 is 1.09 bits per heavy atom. The van der Waals surface area contributed by atoms with Gasteiger partial charge >= 0.3 is 0 Å². The summed E-state index contributed by atoms with van der Waals surface area (Å²) in [5, 5.41) is 0. The van der Waals surface area contributed by atoms with Crippen LogP contribution in [0.4, 0.5) is 0 Å². The highest BCUT2D eigenvalue weighted by Gasteiger charge is 2.23. The van der Waals surface area contributed by atoms with Gasteiger partial charge in [-0.25, -0.2) is 0 Å². The SMILES string of the molecule is O=C(C1=CCCC=C1)c1cccc(C(=O)c2cc(C(=O)C3=CC(CC4=CC=CCC4)C=CC3)cc(C(=O)c3cccc(C(=O)c4ccccc4)c3)c2)c1. The van der Waals surface area contributed by atoms with Crippen molar-refractivity contribution in [3.63, 3.8) is 0 Å². The first-order chi connectivity index (χ1) is 25.8. The molecule has 0 radical (unpaired) electrons. The first-order valence-corrected chi connectivity index (χ1v) is 18.1. The summed E-state index contributed by atoms with van der Waals surface area (Å²) in [4.78, 5) is 69.1. The van der Waals surface area contributed by atoms with E-state index in [4.69, 9.17) is 0 Å². The van der Waals surface area contributed by atoms with E-state index < -0.39 is 11.6 Å². The Balaban J connectivity index is 1.24. The number of allylic oxidation sites excluding steroid dienone is 12. The molecule has 4 aromatic carbocycles. The van der Waals surface area contributed by atoms with Gasteiger partial charge in [-0.3, -0.25) is 24.0 Å². The van der Waals surface area contributed by atoms with Gasteiger partial charge in [-0.2, -0.15) is 0 Å². The fourth-order valence-electron chi connectivity index (χ4n) is 7.02. The van der Waals surface area contributed by atoms with Gasteiger partial charge in [0.05, 0.1) is 0 Å². The summed E-state index contributed by atoms with van der Waals surface area (Å²) in [5.41, 5.74) is 4.79. The highest BCUT2D eigenvalue weighted by atomic mass is 16.1. The van der Waals surface area contributed by atoms with Crippen molar-refractivity contribution in [2.75, 3.05) is 0 Å². The van der Waals surface area contributed by atoms with Gasteiger partial charge < -0.3 is 0 Å². The van der Waals surface area contributed by atoms with Crippen LogP contribution in [-0.4, -0.2) is 28.9 Å². The number of rotatable bonds is 12. The van der Waals surface area contributed by atoms with Gasteiger partial charge in [0, 0.05) is 55.7 Å². The molecule has 4 aromatic rings. The Bertz CT molecular complexity index is 2330. The van der Waals surface area contributed by atoms with E-state index in [1.165, 1.54) is 17.7 Å². The predicted octanol–water partition coefficient (Wildman–Crippen LogP) is 10.2. The number of carbonyl (C=O) groups excluding carboxylic acids is 5. The first kappa shape index (κ1) is 35.1. The van der Waals surface area contributed by atoms with E-state index in [9.17, 15) is 24.0 Å². The maximum absolute atomic E-state index is 14.2. The minimum absolute atomic E-state index is 0.0608. The zero-order valence-electron chi connectivity index (χ0n) is 29.3. The second-order valence-corrected chi connectivity index (χ2v) is 13.6. The van der Waals surface area contributed by atoms with E-state index in [-0.39, 0.29) is 51.1 Å². The van der Waals surface area contributed by atoms with Crippen molar-refractivity contribution >= 4 is 28.9 Å². The quantitative estimate of drug-likeness (QED) is 0.109. The number of carbonyl (C=O) groups is 5. The fourth-order valence-corrected chi connectivity index (χ4v) is 7.02. The summed E-state index contributed by atoms with van der Waals surface area (Å²) in [6.45, 7) is 0. The third-order valence-electron chi connectivity index (χ3n) is 9.81. The van der Waals surface area contributed by atoms with E-state index in [1.807, 2.05) is 30.4 Å². The molecule has 5 nitrogen and oxygen atoms in total. The van der Waals surface area contributed by atoms with Crippen molar-refractivity contribution in [1.29, 1.82) is 0 Å². The predicted molar refractivity (Wildman–Crippen MR) is 208 cm³/mol. The molecule has 260 valence electrons. The maximum Gasteiger partial charge on any atom is 0.193 e. The highest BCUT2D eigenvalue weighted by Crippen LogP contribution is 2.29. The molecule has 3 aliphatic rings. The standard InChI is InChI=1S/C48H38O5/c49-44(34-16-6-2-7-17-34)37-21-11-23-39(27-37)47(52)42-29-41(46(51)36-20-10-15-33(26-36)25-32-13-4-1-5-14-32)30-43(31-42)48(53)40-24-12-22-38(28-40)45(50)35-18-8-3-9-19-35/h1-2,4,6-8,10-13,15-19,21-24,26-31,33H,3,5,9,14,20,25H2. The zero-order valence-corrected chi connectivity index (χ0v) is 29.3. The second-order valence-electron chi connectivity index (χ2n) is 13.6. The van der Waals surface area contributed by atoms with Crippen LogP contribution >= 0.6 is 0 Å². The van der Waals surface area contributed by atoms with Crippen LogP contribution in [-0.2, 0) is 0 Å². The molecule has 0 aromatic heterocycles. The molecular formula is C48H38O5. The summed E-state index contributed by atoms with van der Waals surface area (Å²) in [6.07, 6.45) is 23.1. The largest absolute Gasteiger partial charge is 0.289 e. The molecule has 0 saturated heterocycles. The number of hydrogen-bond acceptors (Lipinski definition) is 5. The van der Waals surface area contributed by atoms with Gasteiger partial charge in [0.2, 0.25) is 0 Å². The Morgan fingerprint density at radius 3 is 1.68 bits per heavy atom. The van der Waals surface area contributed by atoms with E-state index in [0.717, 1.165) is 32.1 Å². The van der Waals surface area contributed by atoms with Crippen molar-refractivity contribution in [2.45, 2.75) is 38.5 Å². The minimum Gasteiger partial charge on any atom is -0.289 e. The average Bonchev–Trinajstić information content (AvgIpc) is 3.23. The molecule has 53 heavy (non-hydrogen) atoms. The molecule has 0 heterocycles. The molecule has 7 rings (SSSR count). The van der Waals surface area contributed by atoms with Gasteiger partial charge in [-0.15, -0.1) is 0 Å². The lowest BCUT2D eigenvalue weighted by atomic mass is 9.85. The van der Waals surface area contributed by atoms with Gasteiger partial charge in [-0.1, -0.05) is 127 Å². The highest BCUT2D eigenvalue weighted by molar-refractivity contribution is 6.19. The minimum atomic E-state index is -0.427. The summed E-state index contributed by atoms with van der Waals surface area (Å²) in [6, 6.07) is 26.4. The topological polar surface area (TPSA) is 85.3 Å². The van der Waals surface area contributed by atoms with E-state index in [2.05, 4.69) is 24.3 Å². The third-order valence-corrected chi connectivity index (χ3v) is 9.81. The van der Waals surface area contributed by atoms with Crippen LogP contribution in [0.3, 0.4) is 0 Å². The number of ketones is 5. The van der Waals surface area contributed by atoms with Crippen LogP contribution in [0.25, 0.3) is 0 Å². The summed E-state index contributed by atoms with van der Waals surface area (Å²) in [7, 11) is 0. The van der Waals surface area contributed by atoms with Crippen LogP contribution in [0.1, 0.15) is 107 Å². The molecule has 1 unspecified atom stereocenters. The number of hydrogen-bond donors (Lipinski definition) is 0. The van der Waals surface area contributed by atoms with Gasteiger partial charge in [0.25, 0.3) is 0 Å². The first-order valence-electron chi connectivity index (χ1n) is 18.1. The molecular weight excluding hydrogens is 657 g/mol. The zero-order chi connectivity index (χ0) is 36.7. The molecule has 0 saturated carbocycles. The van der Waals surface area contributed by atoms with Gasteiger partial charge in [0.1, 0.15) is 0 Å². The van der Waals surface area contributed by atoms with E-state index >= 15 is 0 Å². The smallest absolute Gasteiger partial charge is 0.193 e. The Labute approximate surface area is 309 Å². The molecule has 0 aliphatic heterocycles. The maximum atomic E-state index is 14.2. The Kier molecular flexibility index (Phi) is 10.5. The van der Waals surface area contributed by atoms with Crippen LogP contribution in [0.15, 0.2) is 168 Å². The van der Waals surface area contributed by atoms with Gasteiger partial charge in [0.15, 0.2) is 28.9 Å². The number of benzene rings is 4. The molecule has 0 N–H and O–H groups in total. The van der Waals surface area contributed by atoms with Crippen molar-refractivity contribution in [3.8, 4) is 0 Å². The lowest BCUT2D eigenvalue weighted by molar-refractivity contribution is 0.102. The fraction of sp³-hybridized carbons (Fsp3) is 0.146. The monoisotopic (exact) mass is 694 g/mol. The van der Waals surface area contributed by atoms with Crippen LogP contribution in [0, 0.1) is 5.92 Å². The normalized spacial score (nSPS) is 16.3. The summed E-state index contributed by atoms with van der Waals surface area (Å²) >= 11 is 0. The lowest BCUT2D eigenvalue weighted by Gasteiger charge is -2.18. The summed E-state index contributed by atoms with van der Waals surface area (Å²) < 4.78 is 0.